The molecule has 1 aromatic heterocycles. The van der Waals surface area contributed by atoms with Gasteiger partial charge in [0.15, 0.2) is 6.23 Å². The Labute approximate surface area is 131 Å². The lowest BCUT2D eigenvalue weighted by atomic mass is 9.85. The highest BCUT2D eigenvalue weighted by Gasteiger charge is 2.59. The predicted molar refractivity (Wildman–Crippen MR) is 78.3 cm³/mol. The zero-order valence-electron chi connectivity index (χ0n) is 12.6. The number of ether oxygens (including phenoxy) is 2. The molecule has 23 heavy (non-hydrogen) atoms. The van der Waals surface area contributed by atoms with Crippen LogP contribution in [-0.4, -0.2) is 63.6 Å². The molecule has 0 bridgehead atoms. The van der Waals surface area contributed by atoms with Gasteiger partial charge in [0.2, 0.25) is 0 Å². The van der Waals surface area contributed by atoms with Crippen molar-refractivity contribution in [1.29, 1.82) is 0 Å². The summed E-state index contributed by atoms with van der Waals surface area (Å²) in [6, 6.07) is 0.872. The summed E-state index contributed by atoms with van der Waals surface area (Å²) in [4.78, 5) is 28.4. The monoisotopic (exact) mass is 325 g/mol. The van der Waals surface area contributed by atoms with Crippen LogP contribution in [0.1, 0.15) is 12.6 Å². The Morgan fingerprint density at radius 3 is 2.96 bits per heavy atom. The lowest BCUT2D eigenvalue weighted by molar-refractivity contribution is -0.132. The highest BCUT2D eigenvalue weighted by atomic mass is 16.6. The van der Waals surface area contributed by atoms with E-state index in [1.165, 1.54) is 24.3 Å². The van der Waals surface area contributed by atoms with Crippen molar-refractivity contribution in [2.45, 2.75) is 30.5 Å². The molecule has 0 spiro atoms. The molecule has 2 fully saturated rings. The van der Waals surface area contributed by atoms with E-state index in [0.717, 1.165) is 4.57 Å². The Morgan fingerprint density at radius 1 is 1.61 bits per heavy atom. The lowest BCUT2D eigenvalue weighted by Crippen LogP contribution is -2.60. The summed E-state index contributed by atoms with van der Waals surface area (Å²) in [6.45, 7) is 0.510. The van der Waals surface area contributed by atoms with Gasteiger partial charge in [0, 0.05) is 19.9 Å². The van der Waals surface area contributed by atoms with Gasteiger partial charge in [0.05, 0.1) is 6.54 Å². The van der Waals surface area contributed by atoms with Gasteiger partial charge in [0.1, 0.15) is 23.6 Å². The molecule has 1 aromatic rings. The van der Waals surface area contributed by atoms with Gasteiger partial charge in [-0.15, -0.1) is 0 Å². The molecule has 0 unspecified atom stereocenters. The number of anilines is 1. The van der Waals surface area contributed by atoms with E-state index in [1.807, 2.05) is 0 Å². The van der Waals surface area contributed by atoms with Gasteiger partial charge in [-0.3, -0.25) is 4.57 Å². The number of urea groups is 1. The molecule has 2 aliphatic heterocycles. The molecule has 2 saturated heterocycles. The van der Waals surface area contributed by atoms with Crippen LogP contribution in [0.25, 0.3) is 0 Å². The number of nitrogen functional groups attached to an aromatic ring is 1. The molecule has 3 rings (SSSR count). The Hall–Kier alpha value is -2.17. The number of carbonyl (C=O) groups is 1. The van der Waals surface area contributed by atoms with Crippen LogP contribution in [0.4, 0.5) is 10.6 Å². The first kappa shape index (κ1) is 15.7. The number of amides is 2. The number of hydrogen-bond donors (Lipinski definition) is 3. The van der Waals surface area contributed by atoms with Crippen LogP contribution in [0.15, 0.2) is 17.1 Å². The molecule has 4 atom stereocenters. The fourth-order valence-electron chi connectivity index (χ4n) is 3.29. The third-order valence-corrected chi connectivity index (χ3v) is 4.60. The van der Waals surface area contributed by atoms with E-state index in [4.69, 9.17) is 20.9 Å². The number of nitrogens with zero attached hydrogens (tertiary/aromatic N) is 3. The molecule has 126 valence electrons. The Morgan fingerprint density at radius 2 is 2.35 bits per heavy atom. The predicted octanol–water partition coefficient (Wildman–Crippen LogP) is -1.75. The molecule has 10 heteroatoms. The third kappa shape index (κ3) is 2.35. The van der Waals surface area contributed by atoms with Crippen molar-refractivity contribution in [3.63, 3.8) is 0 Å². The number of rotatable bonds is 2. The number of methoxy groups -OCH3 is 1. The first-order valence-corrected chi connectivity index (χ1v) is 7.17. The quantitative estimate of drug-likeness (QED) is 0.584. The minimum absolute atomic E-state index is 0.0810. The molecule has 0 saturated carbocycles. The number of nitrogens with two attached hydrogens (primary N) is 2. The van der Waals surface area contributed by atoms with Gasteiger partial charge in [-0.1, -0.05) is 0 Å². The third-order valence-electron chi connectivity index (χ3n) is 4.60. The molecule has 10 nitrogen and oxygen atoms in total. The molecule has 5 N–H and O–H groups in total. The number of aliphatic hydroxyl groups is 1. The van der Waals surface area contributed by atoms with Crippen molar-refractivity contribution in [1.82, 2.24) is 14.5 Å². The molecule has 3 heterocycles. The Bertz CT molecular complexity index is 679. The first-order chi connectivity index (χ1) is 10.9. The van der Waals surface area contributed by atoms with Crippen LogP contribution in [0.5, 0.6) is 0 Å². The van der Waals surface area contributed by atoms with Gasteiger partial charge in [0.25, 0.3) is 0 Å². The van der Waals surface area contributed by atoms with Crippen LogP contribution in [-0.2, 0) is 9.47 Å². The van der Waals surface area contributed by atoms with E-state index in [2.05, 4.69) is 4.98 Å². The van der Waals surface area contributed by atoms with Crippen LogP contribution >= 0.6 is 0 Å². The van der Waals surface area contributed by atoms with E-state index >= 15 is 0 Å². The van der Waals surface area contributed by atoms with Crippen molar-refractivity contribution < 1.29 is 19.4 Å². The van der Waals surface area contributed by atoms with Crippen molar-refractivity contribution >= 4 is 11.8 Å². The van der Waals surface area contributed by atoms with Crippen LogP contribution in [0, 0.1) is 0 Å². The van der Waals surface area contributed by atoms with Gasteiger partial charge in [-0.2, -0.15) is 4.98 Å². The highest BCUT2D eigenvalue weighted by Crippen LogP contribution is 2.43. The second kappa shape index (κ2) is 5.48. The summed E-state index contributed by atoms with van der Waals surface area (Å²) in [6.07, 6.45) is -0.945. The molecule has 0 aliphatic carbocycles. The number of likely N-dealkylation sites (tertiary alicyclic amines) is 1. The number of primary amides is 1. The summed E-state index contributed by atoms with van der Waals surface area (Å²) in [7, 11) is 1.46. The van der Waals surface area contributed by atoms with Crippen molar-refractivity contribution in [3.05, 3.63) is 22.7 Å². The average molecular weight is 325 g/mol. The molecule has 0 aromatic carbocycles. The number of carbonyl (C=O) groups excluding carboxylic acids is 1. The van der Waals surface area contributed by atoms with E-state index in [0.29, 0.717) is 13.0 Å². The second-order valence-corrected chi connectivity index (χ2v) is 5.70. The van der Waals surface area contributed by atoms with E-state index in [1.54, 1.807) is 0 Å². The molecule has 2 aliphatic rings. The fraction of sp³-hybridized carbons (Fsp3) is 0.615. The van der Waals surface area contributed by atoms with Crippen LogP contribution in [0.2, 0.25) is 0 Å². The van der Waals surface area contributed by atoms with Gasteiger partial charge in [-0.05, 0) is 12.5 Å². The van der Waals surface area contributed by atoms with Gasteiger partial charge in [-0.25, -0.2) is 9.59 Å². The maximum Gasteiger partial charge on any atom is 0.351 e. The summed E-state index contributed by atoms with van der Waals surface area (Å²) >= 11 is 0. The van der Waals surface area contributed by atoms with Crippen molar-refractivity contribution in [2.24, 2.45) is 5.73 Å². The standard InChI is InChI=1S/C13H19N5O5/c1-22-13-3-5-17(11(15)20)6-7(13)23-10(9(13)19)18-4-2-8(14)16-12(18)21/h2,4,7,9-10,19H,3,5-6H2,1H3,(H2,15,20)(H2,14,16,21)/t7-,9+,10-,13-/m1/s1. The molecular weight excluding hydrogens is 306 g/mol. The van der Waals surface area contributed by atoms with Crippen LogP contribution in [0.3, 0.4) is 0 Å². The number of fused-ring (bicyclic) bond motifs is 1. The van der Waals surface area contributed by atoms with E-state index in [-0.39, 0.29) is 12.4 Å². The maximum absolute atomic E-state index is 12.0. The van der Waals surface area contributed by atoms with E-state index < -0.39 is 35.8 Å². The minimum Gasteiger partial charge on any atom is -0.385 e. The minimum atomic E-state index is -1.10. The van der Waals surface area contributed by atoms with Gasteiger partial charge < -0.3 is 30.9 Å². The van der Waals surface area contributed by atoms with Crippen molar-refractivity contribution in [3.8, 4) is 0 Å². The SMILES string of the molecule is CO[C@]12CCN(C(N)=O)C[C@H]1O[C@@H](n1ccc(N)nc1=O)[C@@H]2O. The van der Waals surface area contributed by atoms with Crippen molar-refractivity contribution in [2.75, 3.05) is 25.9 Å². The molecule has 2 amide bonds. The Balaban J connectivity index is 1.94. The van der Waals surface area contributed by atoms with Crippen LogP contribution < -0.4 is 17.2 Å². The lowest BCUT2D eigenvalue weighted by Gasteiger charge is -2.42. The number of aliphatic hydroxyl groups excluding tert-OH is 1. The fourth-order valence-corrected chi connectivity index (χ4v) is 3.29. The first-order valence-electron chi connectivity index (χ1n) is 7.17. The smallest absolute Gasteiger partial charge is 0.351 e. The highest BCUT2D eigenvalue weighted by molar-refractivity contribution is 5.72. The number of piperidine rings is 1. The molecule has 0 radical (unpaired) electrons. The van der Waals surface area contributed by atoms with Gasteiger partial charge >= 0.3 is 11.7 Å². The normalized spacial score (nSPS) is 33.5. The zero-order chi connectivity index (χ0) is 16.8. The summed E-state index contributed by atoms with van der Waals surface area (Å²) in [5, 5.41) is 10.7. The number of aromatic nitrogens is 2. The summed E-state index contributed by atoms with van der Waals surface area (Å²) < 4.78 is 12.5. The molecular formula is C13H19N5O5. The topological polar surface area (TPSA) is 146 Å². The largest absolute Gasteiger partial charge is 0.385 e. The Kier molecular flexibility index (Phi) is 3.74. The average Bonchev–Trinajstić information content (AvgIpc) is 2.80. The zero-order valence-corrected chi connectivity index (χ0v) is 12.6. The maximum atomic E-state index is 12.0. The summed E-state index contributed by atoms with van der Waals surface area (Å²) in [5.41, 5.74) is 9.13. The number of hydrogen-bond acceptors (Lipinski definition) is 7. The van der Waals surface area contributed by atoms with E-state index in [9.17, 15) is 14.7 Å². The summed E-state index contributed by atoms with van der Waals surface area (Å²) in [5.74, 6) is 0.0810. The second-order valence-electron chi connectivity index (χ2n) is 5.70.